The molecule has 1 aliphatic heterocycles. The number of aromatic nitrogens is 5. The number of amides is 1. The fourth-order valence-corrected chi connectivity index (χ4v) is 4.64. The number of imidazole rings is 1. The van der Waals surface area contributed by atoms with Gasteiger partial charge in [0.05, 0.1) is 39.9 Å². The number of rotatable bonds is 3. The van der Waals surface area contributed by atoms with Crippen LogP contribution < -0.4 is 5.73 Å². The number of fused-ring (bicyclic) bond motifs is 2. The molecule has 0 radical (unpaired) electrons. The quantitative estimate of drug-likeness (QED) is 0.376. The summed E-state index contributed by atoms with van der Waals surface area (Å²) in [4.78, 5) is 22.5. The molecule has 4 aromatic rings. The van der Waals surface area contributed by atoms with Crippen LogP contribution in [0.5, 0.6) is 0 Å². The second-order valence-electron chi connectivity index (χ2n) is 8.42. The zero-order valence-corrected chi connectivity index (χ0v) is 19.0. The Bertz CT molecular complexity index is 1510. The molecule has 0 aliphatic carbocycles. The van der Waals surface area contributed by atoms with Crippen LogP contribution in [-0.4, -0.2) is 47.7 Å². The van der Waals surface area contributed by atoms with Crippen molar-refractivity contribution in [2.45, 2.75) is 38.9 Å². The van der Waals surface area contributed by atoms with Gasteiger partial charge in [-0.05, 0) is 44.4 Å². The summed E-state index contributed by atoms with van der Waals surface area (Å²) in [6, 6.07) is 4.92. The summed E-state index contributed by atoms with van der Waals surface area (Å²) in [6.45, 7) is 8.78. The summed E-state index contributed by atoms with van der Waals surface area (Å²) < 4.78 is 18.5. The first-order valence-electron chi connectivity index (χ1n) is 11.1. The second kappa shape index (κ2) is 8.30. The first kappa shape index (κ1) is 21.6. The summed E-state index contributed by atoms with van der Waals surface area (Å²) in [5, 5.41) is 5.35. The van der Waals surface area contributed by atoms with Gasteiger partial charge in [-0.1, -0.05) is 12.5 Å². The number of benzene rings is 1. The van der Waals surface area contributed by atoms with Crippen LogP contribution >= 0.6 is 0 Å². The average Bonchev–Trinajstić information content (AvgIpc) is 3.52. The van der Waals surface area contributed by atoms with Crippen LogP contribution in [0.1, 0.15) is 37.6 Å². The van der Waals surface area contributed by atoms with Crippen molar-refractivity contribution in [1.82, 2.24) is 29.2 Å². The number of anilines is 1. The number of pyridine rings is 1. The lowest BCUT2D eigenvalue weighted by atomic mass is 10.1. The van der Waals surface area contributed by atoms with Gasteiger partial charge in [-0.2, -0.15) is 5.10 Å². The third-order valence-electron chi connectivity index (χ3n) is 6.37. The number of nitrogens with two attached hydrogens (primary N) is 1. The molecule has 0 bridgehead atoms. The van der Waals surface area contributed by atoms with Gasteiger partial charge in [0.1, 0.15) is 17.3 Å². The van der Waals surface area contributed by atoms with Gasteiger partial charge in [-0.25, -0.2) is 14.4 Å². The van der Waals surface area contributed by atoms with E-state index in [2.05, 4.69) is 28.4 Å². The molecular weight excluding hydrogens is 433 g/mol. The van der Waals surface area contributed by atoms with Gasteiger partial charge in [0, 0.05) is 31.4 Å². The molecule has 1 unspecified atom stereocenters. The number of likely N-dealkylation sites (tertiary alicyclic amines) is 1. The molecule has 0 spiro atoms. The van der Waals surface area contributed by atoms with Crippen molar-refractivity contribution in [3.8, 4) is 11.8 Å². The fourth-order valence-electron chi connectivity index (χ4n) is 4.64. The fraction of sp³-hybridized carbons (Fsp3) is 0.280. The SMILES string of the molecule is C=CC(=O)N1CC(n2nc(C#Cc3cc4ncn(CC)c4cc3F)c3c(N)nccc32)C[C@@H]1C. The molecule has 0 saturated carbocycles. The van der Waals surface area contributed by atoms with E-state index in [1.807, 2.05) is 29.2 Å². The van der Waals surface area contributed by atoms with Crippen molar-refractivity contribution >= 4 is 33.7 Å². The van der Waals surface area contributed by atoms with Crippen LogP contribution in [0.2, 0.25) is 0 Å². The lowest BCUT2D eigenvalue weighted by Crippen LogP contribution is -2.32. The highest BCUT2D eigenvalue weighted by molar-refractivity contribution is 5.93. The molecule has 2 N–H and O–H groups in total. The molecule has 1 saturated heterocycles. The highest BCUT2D eigenvalue weighted by Gasteiger charge is 2.34. The van der Waals surface area contributed by atoms with Crippen molar-refractivity contribution in [1.29, 1.82) is 0 Å². The normalized spacial score (nSPS) is 17.8. The predicted octanol–water partition coefficient (Wildman–Crippen LogP) is 3.27. The number of carbonyl (C=O) groups is 1. The molecule has 172 valence electrons. The minimum Gasteiger partial charge on any atom is -0.383 e. The number of halogens is 1. The Morgan fingerprint density at radius 1 is 1.32 bits per heavy atom. The van der Waals surface area contributed by atoms with Gasteiger partial charge in [0.2, 0.25) is 5.91 Å². The van der Waals surface area contributed by atoms with E-state index in [-0.39, 0.29) is 23.6 Å². The zero-order chi connectivity index (χ0) is 24.0. The Labute approximate surface area is 195 Å². The molecule has 1 fully saturated rings. The molecule has 4 heterocycles. The minimum atomic E-state index is -0.423. The number of nitrogen functional groups attached to an aromatic ring is 1. The van der Waals surface area contributed by atoms with Crippen LogP contribution in [0.25, 0.3) is 21.9 Å². The van der Waals surface area contributed by atoms with Crippen LogP contribution in [0.3, 0.4) is 0 Å². The van der Waals surface area contributed by atoms with Crippen LogP contribution in [0.4, 0.5) is 10.2 Å². The van der Waals surface area contributed by atoms with Crippen LogP contribution in [-0.2, 0) is 11.3 Å². The van der Waals surface area contributed by atoms with Gasteiger partial charge < -0.3 is 15.2 Å². The maximum absolute atomic E-state index is 14.8. The Morgan fingerprint density at radius 2 is 2.15 bits per heavy atom. The Kier molecular flexibility index (Phi) is 5.28. The van der Waals surface area contributed by atoms with Crippen LogP contribution in [0.15, 0.2) is 43.4 Å². The molecule has 1 aliphatic rings. The molecule has 3 aromatic heterocycles. The number of hydrogen-bond acceptors (Lipinski definition) is 5. The van der Waals surface area contributed by atoms with E-state index in [9.17, 15) is 9.18 Å². The average molecular weight is 458 g/mol. The smallest absolute Gasteiger partial charge is 0.246 e. The number of carbonyl (C=O) groups excluding carboxylic acids is 1. The molecule has 1 aromatic carbocycles. The third kappa shape index (κ3) is 3.48. The second-order valence-corrected chi connectivity index (χ2v) is 8.42. The maximum atomic E-state index is 14.8. The molecule has 34 heavy (non-hydrogen) atoms. The number of nitrogens with zero attached hydrogens (tertiary/aromatic N) is 6. The Balaban J connectivity index is 1.57. The van der Waals surface area contributed by atoms with E-state index >= 15 is 0 Å². The van der Waals surface area contributed by atoms with E-state index < -0.39 is 5.82 Å². The van der Waals surface area contributed by atoms with Gasteiger partial charge >= 0.3 is 0 Å². The maximum Gasteiger partial charge on any atom is 0.246 e. The molecule has 5 rings (SSSR count). The number of aryl methyl sites for hydroxylation is 1. The predicted molar refractivity (Wildman–Crippen MR) is 128 cm³/mol. The lowest BCUT2D eigenvalue weighted by molar-refractivity contribution is -0.126. The largest absolute Gasteiger partial charge is 0.383 e. The third-order valence-corrected chi connectivity index (χ3v) is 6.37. The zero-order valence-electron chi connectivity index (χ0n) is 19.0. The van der Waals surface area contributed by atoms with Gasteiger partial charge in [0.25, 0.3) is 0 Å². The summed E-state index contributed by atoms with van der Waals surface area (Å²) in [5.74, 6) is 5.68. The highest BCUT2D eigenvalue weighted by Crippen LogP contribution is 2.32. The van der Waals surface area contributed by atoms with Crippen molar-refractivity contribution in [3.05, 3.63) is 60.5 Å². The van der Waals surface area contributed by atoms with E-state index in [0.717, 1.165) is 17.5 Å². The van der Waals surface area contributed by atoms with Crippen LogP contribution in [0, 0.1) is 17.7 Å². The standard InChI is InChI=1S/C25H24FN7O/c1-4-23(34)32-13-17(10-15(32)3)33-21-8-9-28-25(27)24(21)19(30-33)7-6-16-11-20-22(12-18(16)26)31(5-2)14-29-20/h4,8-9,11-12,14-15,17H,1,5,10,13H2,2-3H3,(H2,27,28)/t15-,17?/m0/s1. The van der Waals surface area contributed by atoms with Gasteiger partial charge in [0.15, 0.2) is 0 Å². The minimum absolute atomic E-state index is 0.0484. The van der Waals surface area contributed by atoms with E-state index in [1.165, 1.54) is 12.1 Å². The monoisotopic (exact) mass is 457 g/mol. The van der Waals surface area contributed by atoms with E-state index in [0.29, 0.717) is 35.5 Å². The molecule has 2 atom stereocenters. The van der Waals surface area contributed by atoms with Crippen molar-refractivity contribution in [3.63, 3.8) is 0 Å². The molecular formula is C25H24FN7O. The Morgan fingerprint density at radius 3 is 2.91 bits per heavy atom. The first-order valence-corrected chi connectivity index (χ1v) is 11.1. The summed E-state index contributed by atoms with van der Waals surface area (Å²) in [6.07, 6.45) is 5.37. The topological polar surface area (TPSA) is 94.9 Å². The summed E-state index contributed by atoms with van der Waals surface area (Å²) in [7, 11) is 0. The first-order chi connectivity index (χ1) is 16.4. The Hall–Kier alpha value is -4.19. The van der Waals surface area contributed by atoms with Crippen molar-refractivity contribution < 1.29 is 9.18 Å². The summed E-state index contributed by atoms with van der Waals surface area (Å²) >= 11 is 0. The number of hydrogen-bond donors (Lipinski definition) is 1. The highest BCUT2D eigenvalue weighted by atomic mass is 19.1. The van der Waals surface area contributed by atoms with Crippen molar-refractivity contribution in [2.75, 3.05) is 12.3 Å². The molecule has 1 amide bonds. The summed E-state index contributed by atoms with van der Waals surface area (Å²) in [5.41, 5.74) is 9.02. The molecule has 9 heteroatoms. The molecule has 8 nitrogen and oxygen atoms in total. The van der Waals surface area contributed by atoms with Crippen molar-refractivity contribution in [2.24, 2.45) is 0 Å². The van der Waals surface area contributed by atoms with Gasteiger partial charge in [-0.3, -0.25) is 9.48 Å². The van der Waals surface area contributed by atoms with E-state index in [4.69, 9.17) is 10.8 Å². The van der Waals surface area contributed by atoms with E-state index in [1.54, 1.807) is 23.5 Å². The van der Waals surface area contributed by atoms with Gasteiger partial charge in [-0.15, -0.1) is 0 Å². The lowest BCUT2D eigenvalue weighted by Gasteiger charge is -2.19.